The van der Waals surface area contributed by atoms with Crippen LogP contribution in [0.1, 0.15) is 6.92 Å². The summed E-state index contributed by atoms with van der Waals surface area (Å²) >= 11 is 0. The summed E-state index contributed by atoms with van der Waals surface area (Å²) in [5, 5.41) is 11.3. The number of nitrogens with one attached hydrogen (secondary N) is 1. The molecule has 0 radical (unpaired) electrons. The Labute approximate surface area is 70.4 Å². The normalized spacial score (nSPS) is 21.6. The van der Waals surface area contributed by atoms with E-state index in [0.29, 0.717) is 13.1 Å². The van der Waals surface area contributed by atoms with Gasteiger partial charge in [0.25, 0.3) is 0 Å². The summed E-state index contributed by atoms with van der Waals surface area (Å²) in [7, 11) is 0. The molecule has 0 aromatic carbocycles. The van der Waals surface area contributed by atoms with Crippen LogP contribution in [0.3, 0.4) is 0 Å². The molecule has 1 atom stereocenters. The standard InChI is InChI=1S/C7H12N2O3/c1-5(7(11)12)9-3-2-8-6(10)4-9/h5H,2-4H2,1H3,(H,8,10)(H,11,12)/t5-/m0/s1. The van der Waals surface area contributed by atoms with Crippen molar-refractivity contribution in [2.24, 2.45) is 0 Å². The predicted octanol–water partition coefficient (Wildman–Crippen LogP) is -1.11. The Kier molecular flexibility index (Phi) is 2.65. The maximum atomic E-state index is 10.9. The Bertz CT molecular complexity index is 203. The van der Waals surface area contributed by atoms with Crippen LogP contribution in [0, 0.1) is 0 Å². The number of rotatable bonds is 2. The third kappa shape index (κ3) is 1.94. The van der Waals surface area contributed by atoms with Gasteiger partial charge in [-0.05, 0) is 6.92 Å². The molecule has 5 heteroatoms. The monoisotopic (exact) mass is 172 g/mol. The Hall–Kier alpha value is -1.10. The van der Waals surface area contributed by atoms with Gasteiger partial charge in [0.2, 0.25) is 5.91 Å². The van der Waals surface area contributed by atoms with Crippen molar-refractivity contribution < 1.29 is 14.7 Å². The number of hydrogen-bond donors (Lipinski definition) is 2. The average Bonchev–Trinajstić information content (AvgIpc) is 2.03. The number of aliphatic carboxylic acids is 1. The predicted molar refractivity (Wildman–Crippen MR) is 41.7 cm³/mol. The average molecular weight is 172 g/mol. The van der Waals surface area contributed by atoms with Crippen LogP contribution in [0.15, 0.2) is 0 Å². The van der Waals surface area contributed by atoms with Crippen molar-refractivity contribution in [1.29, 1.82) is 0 Å². The minimum Gasteiger partial charge on any atom is -0.480 e. The summed E-state index contributed by atoms with van der Waals surface area (Å²) in [4.78, 5) is 23.0. The van der Waals surface area contributed by atoms with Gasteiger partial charge in [-0.2, -0.15) is 0 Å². The molecule has 1 heterocycles. The molecule has 0 saturated carbocycles. The number of carboxylic acids is 1. The van der Waals surface area contributed by atoms with Crippen LogP contribution >= 0.6 is 0 Å². The highest BCUT2D eigenvalue weighted by atomic mass is 16.4. The van der Waals surface area contributed by atoms with Crippen molar-refractivity contribution in [2.75, 3.05) is 19.6 Å². The summed E-state index contributed by atoms with van der Waals surface area (Å²) < 4.78 is 0. The fourth-order valence-electron chi connectivity index (χ4n) is 1.15. The zero-order chi connectivity index (χ0) is 9.14. The molecule has 1 fully saturated rings. The number of carbonyl (C=O) groups is 2. The Balaban J connectivity index is 2.51. The highest BCUT2D eigenvalue weighted by Gasteiger charge is 2.25. The summed E-state index contributed by atoms with van der Waals surface area (Å²) in [6.07, 6.45) is 0. The maximum absolute atomic E-state index is 10.9. The van der Waals surface area contributed by atoms with Crippen LogP contribution in [0.25, 0.3) is 0 Å². The lowest BCUT2D eigenvalue weighted by Gasteiger charge is -2.29. The third-order valence-electron chi connectivity index (χ3n) is 1.97. The van der Waals surface area contributed by atoms with Crippen LogP contribution in [0.5, 0.6) is 0 Å². The molecule has 1 aliphatic heterocycles. The molecule has 68 valence electrons. The lowest BCUT2D eigenvalue weighted by atomic mass is 10.2. The second-order valence-electron chi connectivity index (χ2n) is 2.83. The van der Waals surface area contributed by atoms with E-state index in [0.717, 1.165) is 0 Å². The van der Waals surface area contributed by atoms with E-state index in [9.17, 15) is 9.59 Å². The smallest absolute Gasteiger partial charge is 0.320 e. The Morgan fingerprint density at radius 1 is 1.75 bits per heavy atom. The fourth-order valence-corrected chi connectivity index (χ4v) is 1.15. The van der Waals surface area contributed by atoms with Crippen LogP contribution in [0.4, 0.5) is 0 Å². The summed E-state index contributed by atoms with van der Waals surface area (Å²) in [5.41, 5.74) is 0. The van der Waals surface area contributed by atoms with Gasteiger partial charge in [0, 0.05) is 13.1 Å². The van der Waals surface area contributed by atoms with E-state index in [1.54, 1.807) is 11.8 Å². The zero-order valence-electron chi connectivity index (χ0n) is 6.91. The SMILES string of the molecule is C[C@@H](C(=O)O)N1CCNC(=O)C1. The quantitative estimate of drug-likeness (QED) is 0.554. The van der Waals surface area contributed by atoms with Crippen LogP contribution in [0.2, 0.25) is 0 Å². The number of hydrogen-bond acceptors (Lipinski definition) is 3. The molecule has 5 nitrogen and oxygen atoms in total. The molecule has 0 unspecified atom stereocenters. The molecule has 1 aliphatic rings. The van der Waals surface area contributed by atoms with Gasteiger partial charge in [0.1, 0.15) is 6.04 Å². The van der Waals surface area contributed by atoms with Crippen molar-refractivity contribution in [2.45, 2.75) is 13.0 Å². The van der Waals surface area contributed by atoms with E-state index in [1.807, 2.05) is 0 Å². The van der Waals surface area contributed by atoms with Crippen LogP contribution in [-0.4, -0.2) is 47.6 Å². The largest absolute Gasteiger partial charge is 0.480 e. The van der Waals surface area contributed by atoms with Gasteiger partial charge in [0.15, 0.2) is 0 Å². The molecule has 1 amide bonds. The van der Waals surface area contributed by atoms with Gasteiger partial charge in [-0.1, -0.05) is 0 Å². The Morgan fingerprint density at radius 3 is 2.92 bits per heavy atom. The molecular weight excluding hydrogens is 160 g/mol. The third-order valence-corrected chi connectivity index (χ3v) is 1.97. The van der Waals surface area contributed by atoms with Gasteiger partial charge in [-0.3, -0.25) is 14.5 Å². The van der Waals surface area contributed by atoms with Gasteiger partial charge in [0.05, 0.1) is 6.54 Å². The Morgan fingerprint density at radius 2 is 2.42 bits per heavy atom. The van der Waals surface area contributed by atoms with Crippen molar-refractivity contribution in [3.63, 3.8) is 0 Å². The molecule has 1 saturated heterocycles. The molecule has 12 heavy (non-hydrogen) atoms. The van der Waals surface area contributed by atoms with Gasteiger partial charge in [-0.15, -0.1) is 0 Å². The van der Waals surface area contributed by atoms with Crippen LogP contribution in [-0.2, 0) is 9.59 Å². The zero-order valence-corrected chi connectivity index (χ0v) is 6.91. The molecular formula is C7H12N2O3. The van der Waals surface area contributed by atoms with E-state index < -0.39 is 12.0 Å². The van der Waals surface area contributed by atoms with E-state index in [2.05, 4.69) is 5.32 Å². The molecule has 0 aliphatic carbocycles. The summed E-state index contributed by atoms with van der Waals surface area (Å²) in [6, 6.07) is -0.573. The fraction of sp³-hybridized carbons (Fsp3) is 0.714. The lowest BCUT2D eigenvalue weighted by molar-refractivity contribution is -0.143. The second-order valence-corrected chi connectivity index (χ2v) is 2.83. The second kappa shape index (κ2) is 3.53. The molecule has 0 bridgehead atoms. The first-order chi connectivity index (χ1) is 5.61. The number of piperazine rings is 1. The van der Waals surface area contributed by atoms with Gasteiger partial charge >= 0.3 is 5.97 Å². The van der Waals surface area contributed by atoms with Crippen molar-refractivity contribution in [3.8, 4) is 0 Å². The molecule has 2 N–H and O–H groups in total. The van der Waals surface area contributed by atoms with Crippen molar-refractivity contribution >= 4 is 11.9 Å². The lowest BCUT2D eigenvalue weighted by Crippen LogP contribution is -2.52. The first-order valence-electron chi connectivity index (χ1n) is 3.85. The van der Waals surface area contributed by atoms with Crippen molar-refractivity contribution in [1.82, 2.24) is 10.2 Å². The molecule has 0 spiro atoms. The van der Waals surface area contributed by atoms with Gasteiger partial charge in [-0.25, -0.2) is 0 Å². The molecule has 0 aromatic heterocycles. The first-order valence-corrected chi connectivity index (χ1v) is 3.85. The topological polar surface area (TPSA) is 69.6 Å². The minimum absolute atomic E-state index is 0.102. The molecule has 1 rings (SSSR count). The summed E-state index contributed by atoms with van der Waals surface area (Å²) in [6.45, 7) is 2.92. The highest BCUT2D eigenvalue weighted by molar-refractivity contribution is 5.80. The number of carboxylic acid groups (broad SMARTS) is 1. The first kappa shape index (κ1) is 8.99. The van der Waals surface area contributed by atoms with E-state index >= 15 is 0 Å². The number of carbonyl (C=O) groups excluding carboxylic acids is 1. The van der Waals surface area contributed by atoms with E-state index in [4.69, 9.17) is 5.11 Å². The maximum Gasteiger partial charge on any atom is 0.320 e. The van der Waals surface area contributed by atoms with E-state index in [-0.39, 0.29) is 12.5 Å². The van der Waals surface area contributed by atoms with Crippen molar-refractivity contribution in [3.05, 3.63) is 0 Å². The molecule has 0 aromatic rings. The van der Waals surface area contributed by atoms with E-state index in [1.165, 1.54) is 0 Å². The van der Waals surface area contributed by atoms with Crippen LogP contribution < -0.4 is 5.32 Å². The summed E-state index contributed by atoms with van der Waals surface area (Å²) in [5.74, 6) is -0.987. The van der Waals surface area contributed by atoms with Gasteiger partial charge < -0.3 is 10.4 Å². The number of nitrogens with zero attached hydrogens (tertiary/aromatic N) is 1. The minimum atomic E-state index is -0.885. The number of amides is 1. The highest BCUT2D eigenvalue weighted by Crippen LogP contribution is 2.00.